The SMILES string of the molecule is Cc1ccc(C(=O)Nc2cc(C(F)(F)F)ccc2N2CCOCC2)cc1N(N)/C=C(\N)c1cnn(C)c1C. The third-order valence-corrected chi connectivity index (χ3v) is 6.50. The van der Waals surface area contributed by atoms with Gasteiger partial charge in [-0.2, -0.15) is 18.3 Å². The number of carbonyl (C=O) groups is 1. The lowest BCUT2D eigenvalue weighted by atomic mass is 10.1. The summed E-state index contributed by atoms with van der Waals surface area (Å²) in [6, 6.07) is 8.19. The molecule has 202 valence electrons. The first-order valence-corrected chi connectivity index (χ1v) is 11.9. The molecular formula is C26H30F3N7O2. The molecule has 0 unspecified atom stereocenters. The molecule has 3 aromatic rings. The van der Waals surface area contributed by atoms with E-state index in [1.54, 1.807) is 36.1 Å². The molecule has 5 N–H and O–H groups in total. The third-order valence-electron chi connectivity index (χ3n) is 6.50. The van der Waals surface area contributed by atoms with Crippen LogP contribution in [0.25, 0.3) is 5.70 Å². The van der Waals surface area contributed by atoms with Crippen LogP contribution in [0.15, 0.2) is 48.8 Å². The molecule has 4 rings (SSSR count). The van der Waals surface area contributed by atoms with Gasteiger partial charge in [0, 0.05) is 43.2 Å². The van der Waals surface area contributed by atoms with Crippen molar-refractivity contribution in [1.29, 1.82) is 0 Å². The van der Waals surface area contributed by atoms with Crippen molar-refractivity contribution in [2.24, 2.45) is 18.6 Å². The smallest absolute Gasteiger partial charge is 0.397 e. The van der Waals surface area contributed by atoms with E-state index in [1.807, 2.05) is 18.7 Å². The predicted molar refractivity (Wildman–Crippen MR) is 140 cm³/mol. The van der Waals surface area contributed by atoms with E-state index in [9.17, 15) is 18.0 Å². The molecule has 0 saturated carbocycles. The Labute approximate surface area is 218 Å². The molecule has 0 aliphatic carbocycles. The standard InChI is InChI=1S/C26H30F3N7O2/c1-16-4-5-18(12-24(16)36(31)15-21(30)20-14-32-34(3)17(20)2)25(37)33-22-13-19(26(27,28)29)6-7-23(22)35-8-10-38-11-9-35/h4-7,12-15H,8-11,30-31H2,1-3H3,(H,33,37)/b21-15-. The molecule has 0 spiro atoms. The number of alkyl halides is 3. The van der Waals surface area contributed by atoms with Crippen molar-refractivity contribution < 1.29 is 22.7 Å². The number of rotatable bonds is 6. The quantitative estimate of drug-likeness (QED) is 0.329. The molecule has 1 amide bonds. The summed E-state index contributed by atoms with van der Waals surface area (Å²) in [7, 11) is 1.80. The molecule has 0 atom stereocenters. The lowest BCUT2D eigenvalue weighted by Crippen LogP contribution is -2.36. The highest BCUT2D eigenvalue weighted by Crippen LogP contribution is 2.36. The lowest BCUT2D eigenvalue weighted by molar-refractivity contribution is -0.137. The van der Waals surface area contributed by atoms with Crippen LogP contribution in [-0.4, -0.2) is 42.0 Å². The predicted octanol–water partition coefficient (Wildman–Crippen LogP) is 3.78. The molecular weight excluding hydrogens is 499 g/mol. The molecule has 1 aliphatic heterocycles. The number of aromatic nitrogens is 2. The van der Waals surface area contributed by atoms with Crippen molar-refractivity contribution in [3.63, 3.8) is 0 Å². The van der Waals surface area contributed by atoms with Gasteiger partial charge in [0.25, 0.3) is 5.91 Å². The number of benzene rings is 2. The van der Waals surface area contributed by atoms with Crippen LogP contribution < -0.4 is 26.8 Å². The molecule has 38 heavy (non-hydrogen) atoms. The number of anilines is 3. The van der Waals surface area contributed by atoms with Crippen molar-refractivity contribution in [2.45, 2.75) is 20.0 Å². The van der Waals surface area contributed by atoms with Crippen molar-refractivity contribution in [3.05, 3.63) is 76.7 Å². The van der Waals surface area contributed by atoms with Crippen LogP contribution in [-0.2, 0) is 18.0 Å². The highest BCUT2D eigenvalue weighted by molar-refractivity contribution is 6.06. The van der Waals surface area contributed by atoms with Crippen molar-refractivity contribution in [1.82, 2.24) is 9.78 Å². The lowest BCUT2D eigenvalue weighted by Gasteiger charge is -2.31. The number of hydrogen-bond donors (Lipinski definition) is 3. The van der Waals surface area contributed by atoms with Gasteiger partial charge < -0.3 is 20.7 Å². The molecule has 1 saturated heterocycles. The van der Waals surface area contributed by atoms with E-state index >= 15 is 0 Å². The zero-order chi connectivity index (χ0) is 27.6. The summed E-state index contributed by atoms with van der Waals surface area (Å²) in [5.41, 5.74) is 9.38. The molecule has 1 aromatic heterocycles. The second-order valence-corrected chi connectivity index (χ2v) is 9.04. The topological polar surface area (TPSA) is 115 Å². The summed E-state index contributed by atoms with van der Waals surface area (Å²) in [6.45, 7) is 5.57. The minimum absolute atomic E-state index is 0.0645. The van der Waals surface area contributed by atoms with Crippen LogP contribution in [0.4, 0.5) is 30.2 Å². The van der Waals surface area contributed by atoms with Crippen LogP contribution in [0.3, 0.4) is 0 Å². The van der Waals surface area contributed by atoms with Crippen LogP contribution in [0.1, 0.15) is 32.7 Å². The Morgan fingerprint density at radius 2 is 1.87 bits per heavy atom. The number of aryl methyl sites for hydroxylation is 2. The Hall–Kier alpha value is -4.03. The molecule has 9 nitrogen and oxygen atoms in total. The van der Waals surface area contributed by atoms with Gasteiger partial charge in [0.2, 0.25) is 0 Å². The molecule has 2 heterocycles. The minimum Gasteiger partial charge on any atom is -0.397 e. The molecule has 12 heteroatoms. The van der Waals surface area contributed by atoms with E-state index in [1.165, 1.54) is 17.3 Å². The Morgan fingerprint density at radius 3 is 2.50 bits per heavy atom. The number of halogens is 3. The zero-order valence-corrected chi connectivity index (χ0v) is 21.3. The number of hydrazine groups is 1. The summed E-state index contributed by atoms with van der Waals surface area (Å²) in [4.78, 5) is 15.1. The maximum atomic E-state index is 13.5. The summed E-state index contributed by atoms with van der Waals surface area (Å²) >= 11 is 0. The zero-order valence-electron chi connectivity index (χ0n) is 21.3. The van der Waals surface area contributed by atoms with Gasteiger partial charge in [-0.1, -0.05) is 6.07 Å². The summed E-state index contributed by atoms with van der Waals surface area (Å²) in [6.07, 6.45) is -1.40. The number of morpholine rings is 1. The van der Waals surface area contributed by atoms with Gasteiger partial charge in [-0.3, -0.25) is 14.5 Å². The number of nitrogens with two attached hydrogens (primary N) is 2. The summed E-state index contributed by atoms with van der Waals surface area (Å²) < 4.78 is 47.4. The fourth-order valence-electron chi connectivity index (χ4n) is 4.19. The fourth-order valence-corrected chi connectivity index (χ4v) is 4.19. The van der Waals surface area contributed by atoms with E-state index in [-0.39, 0.29) is 11.3 Å². The average molecular weight is 530 g/mol. The molecule has 1 fully saturated rings. The number of nitrogens with zero attached hydrogens (tertiary/aromatic N) is 4. The second kappa shape index (κ2) is 10.8. The van der Waals surface area contributed by atoms with E-state index in [0.29, 0.717) is 43.4 Å². The normalized spacial score (nSPS) is 14.5. The van der Waals surface area contributed by atoms with E-state index in [2.05, 4.69) is 10.4 Å². The number of hydrogen-bond acceptors (Lipinski definition) is 7. The van der Waals surface area contributed by atoms with Crippen molar-refractivity contribution in [2.75, 3.05) is 41.5 Å². The first-order chi connectivity index (χ1) is 18.0. The molecule has 0 radical (unpaired) electrons. The summed E-state index contributed by atoms with van der Waals surface area (Å²) in [5.74, 6) is 5.70. The van der Waals surface area contributed by atoms with Crippen LogP contribution in [0.2, 0.25) is 0 Å². The van der Waals surface area contributed by atoms with Crippen LogP contribution >= 0.6 is 0 Å². The van der Waals surface area contributed by atoms with Crippen molar-refractivity contribution in [3.8, 4) is 0 Å². The van der Waals surface area contributed by atoms with Crippen LogP contribution in [0.5, 0.6) is 0 Å². The van der Waals surface area contributed by atoms with Crippen LogP contribution in [0, 0.1) is 13.8 Å². The highest BCUT2D eigenvalue weighted by Gasteiger charge is 2.32. The van der Waals surface area contributed by atoms with Gasteiger partial charge in [-0.25, -0.2) is 5.84 Å². The Balaban J connectivity index is 1.63. The first kappa shape index (κ1) is 27.0. The molecule has 1 aliphatic rings. The number of amides is 1. The van der Waals surface area contributed by atoms with Gasteiger partial charge >= 0.3 is 6.18 Å². The van der Waals surface area contributed by atoms with Gasteiger partial charge in [0.15, 0.2) is 0 Å². The minimum atomic E-state index is -4.56. The van der Waals surface area contributed by atoms with Gasteiger partial charge in [0.1, 0.15) is 0 Å². The van der Waals surface area contributed by atoms with E-state index in [4.69, 9.17) is 16.3 Å². The highest BCUT2D eigenvalue weighted by atomic mass is 19.4. The Morgan fingerprint density at radius 1 is 1.16 bits per heavy atom. The monoisotopic (exact) mass is 529 g/mol. The summed E-state index contributed by atoms with van der Waals surface area (Å²) in [5, 5.41) is 8.15. The van der Waals surface area contributed by atoms with Gasteiger partial charge in [0.05, 0.1) is 47.7 Å². The fraction of sp³-hybridized carbons (Fsp3) is 0.308. The van der Waals surface area contributed by atoms with Gasteiger partial charge in [-0.05, 0) is 49.7 Å². The largest absolute Gasteiger partial charge is 0.416 e. The molecule has 2 aromatic carbocycles. The Kier molecular flexibility index (Phi) is 7.65. The maximum Gasteiger partial charge on any atom is 0.416 e. The number of carbonyl (C=O) groups excluding carboxylic acids is 1. The number of nitrogens with one attached hydrogen (secondary N) is 1. The molecule has 0 bridgehead atoms. The Bertz CT molecular complexity index is 1360. The average Bonchev–Trinajstić information content (AvgIpc) is 3.22. The third kappa shape index (κ3) is 5.76. The van der Waals surface area contributed by atoms with Gasteiger partial charge in [-0.15, -0.1) is 0 Å². The van der Waals surface area contributed by atoms with E-state index < -0.39 is 17.6 Å². The van der Waals surface area contributed by atoms with Crippen molar-refractivity contribution >= 4 is 28.7 Å². The second-order valence-electron chi connectivity index (χ2n) is 9.04. The first-order valence-electron chi connectivity index (χ1n) is 11.9. The number of ether oxygens (including phenoxy) is 1. The maximum absolute atomic E-state index is 13.5. The van der Waals surface area contributed by atoms with E-state index in [0.717, 1.165) is 29.0 Å².